The molecule has 10 heteroatoms. The van der Waals surface area contributed by atoms with Crippen molar-refractivity contribution in [2.75, 3.05) is 7.11 Å². The Morgan fingerprint density at radius 2 is 2.22 bits per heavy atom. The number of nitrogens with zero attached hydrogens (tertiary/aromatic N) is 2. The molecule has 1 heterocycles. The number of carbonyl (C=O) groups is 1. The average Bonchev–Trinajstić information content (AvgIpc) is 2.25. The van der Waals surface area contributed by atoms with Crippen molar-refractivity contribution < 1.29 is 28.0 Å². The number of carbonyl (C=O) groups excluding carboxylic acids is 1. The van der Waals surface area contributed by atoms with E-state index in [0.29, 0.717) is 0 Å². The lowest BCUT2D eigenvalue weighted by molar-refractivity contribution is -0.386. The molecule has 0 amide bonds. The lowest BCUT2D eigenvalue weighted by Gasteiger charge is -2.07. The minimum atomic E-state index is -3.35. The number of nitro groups is 1. The van der Waals surface area contributed by atoms with Crippen molar-refractivity contribution in [3.8, 4) is 5.88 Å². The molecule has 1 aromatic rings. The molecule has 7 nitrogen and oxygen atoms in total. The molecule has 1 aromatic heterocycles. The average molecular weight is 283 g/mol. The second kappa shape index (κ2) is 5.54. The molecule has 18 heavy (non-hydrogen) atoms. The Morgan fingerprint density at radius 3 is 2.67 bits per heavy atom. The van der Waals surface area contributed by atoms with Crippen LogP contribution in [-0.2, 0) is 4.74 Å². The summed E-state index contributed by atoms with van der Waals surface area (Å²) in [7, 11) is 1.02. The first-order chi connectivity index (χ1) is 8.36. The van der Waals surface area contributed by atoms with Crippen molar-refractivity contribution in [1.29, 1.82) is 0 Å². The van der Waals surface area contributed by atoms with Crippen LogP contribution < -0.4 is 4.74 Å². The maximum atomic E-state index is 12.1. The first kappa shape index (κ1) is 14.0. The highest BCUT2D eigenvalue weighted by atomic mass is 35.5. The number of alkyl halides is 2. The molecule has 0 saturated carbocycles. The Morgan fingerprint density at radius 1 is 1.61 bits per heavy atom. The quantitative estimate of drug-likeness (QED) is 0.477. The predicted octanol–water partition coefficient (Wildman–Crippen LogP) is 2.03. The van der Waals surface area contributed by atoms with Gasteiger partial charge in [-0.2, -0.15) is 13.8 Å². The third kappa shape index (κ3) is 3.00. The van der Waals surface area contributed by atoms with Gasteiger partial charge in [0.05, 0.1) is 12.0 Å². The van der Waals surface area contributed by atoms with Gasteiger partial charge in [0, 0.05) is 0 Å². The van der Waals surface area contributed by atoms with Gasteiger partial charge in [-0.1, -0.05) is 11.6 Å². The van der Waals surface area contributed by atoms with Crippen molar-refractivity contribution in [3.05, 3.63) is 26.9 Å². The van der Waals surface area contributed by atoms with E-state index in [1.54, 1.807) is 0 Å². The van der Waals surface area contributed by atoms with Crippen LogP contribution in [0.4, 0.5) is 14.5 Å². The number of hydrogen-bond donors (Lipinski definition) is 0. The molecule has 0 N–H and O–H groups in total. The van der Waals surface area contributed by atoms with Gasteiger partial charge < -0.3 is 9.47 Å². The van der Waals surface area contributed by atoms with Gasteiger partial charge in [0.15, 0.2) is 5.69 Å². The van der Waals surface area contributed by atoms with Crippen molar-refractivity contribution in [3.63, 3.8) is 0 Å². The Hall–Kier alpha value is -2.03. The largest absolute Gasteiger partial charge is 0.464 e. The van der Waals surface area contributed by atoms with Gasteiger partial charge in [0.25, 0.3) is 0 Å². The first-order valence-corrected chi connectivity index (χ1v) is 4.62. The lowest BCUT2D eigenvalue weighted by atomic mass is 10.3. The fraction of sp³-hybridized carbons (Fsp3) is 0.250. The minimum absolute atomic E-state index is 0.483. The lowest BCUT2D eigenvalue weighted by Crippen LogP contribution is -2.11. The maximum absolute atomic E-state index is 12.1. The van der Waals surface area contributed by atoms with Crippen LogP contribution in [0.15, 0.2) is 6.07 Å². The molecule has 0 aliphatic heterocycles. The van der Waals surface area contributed by atoms with Crippen molar-refractivity contribution in [1.82, 2.24) is 4.98 Å². The maximum Gasteiger partial charge on any atom is 0.388 e. The highest BCUT2D eigenvalue weighted by Gasteiger charge is 2.27. The normalized spacial score (nSPS) is 10.3. The Kier molecular flexibility index (Phi) is 4.32. The summed E-state index contributed by atoms with van der Waals surface area (Å²) in [5.41, 5.74) is -1.44. The van der Waals surface area contributed by atoms with E-state index in [4.69, 9.17) is 11.6 Å². The number of ether oxygens (including phenoxy) is 2. The van der Waals surface area contributed by atoms with Crippen LogP contribution >= 0.6 is 11.6 Å². The zero-order chi connectivity index (χ0) is 13.9. The highest BCUT2D eigenvalue weighted by molar-refractivity contribution is 6.33. The fourth-order valence-corrected chi connectivity index (χ4v) is 1.28. The molecule has 0 bridgehead atoms. The molecular weight excluding hydrogens is 278 g/mol. The number of halogens is 3. The third-order valence-corrected chi connectivity index (χ3v) is 1.98. The molecule has 0 spiro atoms. The van der Waals surface area contributed by atoms with E-state index >= 15 is 0 Å². The van der Waals surface area contributed by atoms with E-state index in [9.17, 15) is 23.7 Å². The van der Waals surface area contributed by atoms with Crippen molar-refractivity contribution >= 4 is 23.3 Å². The number of rotatable bonds is 4. The van der Waals surface area contributed by atoms with Crippen LogP contribution in [0.1, 0.15) is 10.5 Å². The Labute approximate surface area is 103 Å². The van der Waals surface area contributed by atoms with Gasteiger partial charge in [-0.25, -0.2) is 4.79 Å². The van der Waals surface area contributed by atoms with E-state index in [1.807, 2.05) is 0 Å². The van der Waals surface area contributed by atoms with Gasteiger partial charge in [0.1, 0.15) is 5.02 Å². The first-order valence-electron chi connectivity index (χ1n) is 4.25. The zero-order valence-electron chi connectivity index (χ0n) is 8.72. The monoisotopic (exact) mass is 282 g/mol. The van der Waals surface area contributed by atoms with Crippen LogP contribution in [-0.4, -0.2) is 29.6 Å². The number of methoxy groups -OCH3 is 1. The summed E-state index contributed by atoms with van der Waals surface area (Å²) in [4.78, 5) is 24.0. The second-order valence-corrected chi connectivity index (χ2v) is 3.18. The summed E-state index contributed by atoms with van der Waals surface area (Å²) < 4.78 is 32.3. The van der Waals surface area contributed by atoms with Crippen LogP contribution in [0.3, 0.4) is 0 Å². The molecule has 0 aromatic carbocycles. The molecule has 98 valence electrons. The van der Waals surface area contributed by atoms with Gasteiger partial charge in [-0.05, 0) is 6.07 Å². The standard InChI is InChI=1S/C8H5ClF2N2O5/c1-17-7(14)4-2-3(9)5(13(15)16)6(12-4)18-8(10)11/h2,8H,1H3. The summed E-state index contributed by atoms with van der Waals surface area (Å²) >= 11 is 5.50. The zero-order valence-corrected chi connectivity index (χ0v) is 9.48. The van der Waals surface area contributed by atoms with Gasteiger partial charge >= 0.3 is 24.1 Å². The minimum Gasteiger partial charge on any atom is -0.464 e. The van der Waals surface area contributed by atoms with Crippen molar-refractivity contribution in [2.45, 2.75) is 6.61 Å². The van der Waals surface area contributed by atoms with Crippen LogP contribution in [0, 0.1) is 10.1 Å². The van der Waals surface area contributed by atoms with Crippen LogP contribution in [0.5, 0.6) is 5.88 Å². The molecule has 0 unspecified atom stereocenters. The number of pyridine rings is 1. The Balaban J connectivity index is 3.36. The predicted molar refractivity (Wildman–Crippen MR) is 53.9 cm³/mol. The number of esters is 1. The molecule has 0 fully saturated rings. The van der Waals surface area contributed by atoms with E-state index < -0.39 is 39.8 Å². The molecule has 0 saturated heterocycles. The number of aromatic nitrogens is 1. The summed E-state index contributed by atoms with van der Waals surface area (Å²) in [6, 6.07) is 0.823. The Bertz CT molecular complexity index is 497. The summed E-state index contributed by atoms with van der Waals surface area (Å²) in [6.07, 6.45) is 0. The summed E-state index contributed by atoms with van der Waals surface area (Å²) in [5.74, 6) is -2.05. The summed E-state index contributed by atoms with van der Waals surface area (Å²) in [6.45, 7) is -3.35. The molecule has 0 radical (unpaired) electrons. The molecule has 0 aliphatic carbocycles. The fourth-order valence-electron chi connectivity index (χ4n) is 1.03. The van der Waals surface area contributed by atoms with Crippen LogP contribution in [0.2, 0.25) is 5.02 Å². The van der Waals surface area contributed by atoms with E-state index in [2.05, 4.69) is 14.5 Å². The van der Waals surface area contributed by atoms with E-state index in [-0.39, 0.29) is 0 Å². The molecule has 0 aliphatic rings. The van der Waals surface area contributed by atoms with Gasteiger partial charge in [-0.15, -0.1) is 0 Å². The molecule has 1 rings (SSSR count). The highest BCUT2D eigenvalue weighted by Crippen LogP contribution is 2.34. The smallest absolute Gasteiger partial charge is 0.388 e. The summed E-state index contributed by atoms with van der Waals surface area (Å²) in [5, 5.41) is 10.1. The van der Waals surface area contributed by atoms with Gasteiger partial charge in [0.2, 0.25) is 0 Å². The topological polar surface area (TPSA) is 91.6 Å². The molecule has 0 atom stereocenters. The van der Waals surface area contributed by atoms with E-state index in [1.165, 1.54) is 0 Å². The third-order valence-electron chi connectivity index (χ3n) is 1.69. The molecular formula is C8H5ClF2N2O5. The SMILES string of the molecule is COC(=O)c1cc(Cl)c([N+](=O)[O-])c(OC(F)F)n1. The van der Waals surface area contributed by atoms with Crippen molar-refractivity contribution in [2.24, 2.45) is 0 Å². The van der Waals surface area contributed by atoms with Gasteiger partial charge in [-0.3, -0.25) is 10.1 Å². The number of hydrogen-bond acceptors (Lipinski definition) is 6. The second-order valence-electron chi connectivity index (χ2n) is 2.77. The van der Waals surface area contributed by atoms with Crippen LogP contribution in [0.25, 0.3) is 0 Å². The van der Waals surface area contributed by atoms with E-state index in [0.717, 1.165) is 13.2 Å².